The molecular formula is C21H25NO3S. The molecular weight excluding hydrogens is 346 g/mol. The number of nitrogens with zero attached hydrogens (tertiary/aromatic N) is 1. The number of benzene rings is 1. The van der Waals surface area contributed by atoms with Gasteiger partial charge in [0.15, 0.2) is 5.78 Å². The summed E-state index contributed by atoms with van der Waals surface area (Å²) in [4.78, 5) is 27.8. The molecule has 3 rings (SSSR count). The lowest BCUT2D eigenvalue weighted by Crippen LogP contribution is -2.35. The van der Waals surface area contributed by atoms with E-state index in [9.17, 15) is 9.59 Å². The van der Waals surface area contributed by atoms with Crippen LogP contribution >= 0.6 is 11.3 Å². The molecule has 1 amide bonds. The van der Waals surface area contributed by atoms with Crippen molar-refractivity contribution >= 4 is 23.0 Å². The summed E-state index contributed by atoms with van der Waals surface area (Å²) in [6.07, 6.45) is 4.82. The monoisotopic (exact) mass is 371 g/mol. The summed E-state index contributed by atoms with van der Waals surface area (Å²) in [7, 11) is 1.65. The molecule has 0 radical (unpaired) electrons. The smallest absolute Gasteiger partial charge is 0.223 e. The molecule has 1 atom stereocenters. The van der Waals surface area contributed by atoms with Crippen molar-refractivity contribution in [2.24, 2.45) is 0 Å². The molecule has 4 nitrogen and oxygen atoms in total. The van der Waals surface area contributed by atoms with Gasteiger partial charge in [0.1, 0.15) is 5.75 Å². The minimum absolute atomic E-state index is 0.0594. The number of Topliss-reactive ketones (excluding diaryl/α,β-unsaturated/α-hetero) is 1. The van der Waals surface area contributed by atoms with E-state index >= 15 is 0 Å². The molecule has 0 N–H and O–H groups in total. The zero-order valence-electron chi connectivity index (χ0n) is 15.1. The SMILES string of the molecule is COc1ccc([C@@H]2CCCCCN2C(=O)CCC(=O)c2cccs2)cc1. The number of ether oxygens (including phenoxy) is 1. The van der Waals surface area contributed by atoms with Crippen molar-refractivity contribution < 1.29 is 14.3 Å². The van der Waals surface area contributed by atoms with Crippen LogP contribution in [-0.2, 0) is 4.79 Å². The van der Waals surface area contributed by atoms with Crippen LogP contribution in [-0.4, -0.2) is 30.2 Å². The molecule has 1 fully saturated rings. The number of hydrogen-bond acceptors (Lipinski definition) is 4. The molecule has 138 valence electrons. The number of methoxy groups -OCH3 is 1. The van der Waals surface area contributed by atoms with E-state index in [0.29, 0.717) is 0 Å². The number of amides is 1. The number of thiophene rings is 1. The second-order valence-corrected chi connectivity index (χ2v) is 7.57. The first-order valence-corrected chi connectivity index (χ1v) is 10.1. The van der Waals surface area contributed by atoms with E-state index in [1.807, 2.05) is 46.7 Å². The Morgan fingerprint density at radius 2 is 1.92 bits per heavy atom. The molecule has 0 bridgehead atoms. The molecule has 5 heteroatoms. The van der Waals surface area contributed by atoms with Gasteiger partial charge in [-0.15, -0.1) is 11.3 Å². The van der Waals surface area contributed by atoms with Crippen LogP contribution in [0, 0.1) is 0 Å². The Bertz CT molecular complexity index is 724. The summed E-state index contributed by atoms with van der Waals surface area (Å²) < 4.78 is 5.24. The van der Waals surface area contributed by atoms with E-state index in [-0.39, 0.29) is 30.6 Å². The minimum Gasteiger partial charge on any atom is -0.497 e. The van der Waals surface area contributed by atoms with Crippen LogP contribution in [0.5, 0.6) is 5.75 Å². The van der Waals surface area contributed by atoms with Gasteiger partial charge in [0.2, 0.25) is 5.91 Å². The fraction of sp³-hybridized carbons (Fsp3) is 0.429. The average molecular weight is 372 g/mol. The van der Waals surface area contributed by atoms with Gasteiger partial charge in [-0.05, 0) is 42.0 Å². The summed E-state index contributed by atoms with van der Waals surface area (Å²) in [5.74, 6) is 0.962. The highest BCUT2D eigenvalue weighted by Crippen LogP contribution is 2.32. The van der Waals surface area contributed by atoms with Gasteiger partial charge in [0.05, 0.1) is 18.0 Å². The number of carbonyl (C=O) groups excluding carboxylic acids is 2. The molecule has 1 aliphatic heterocycles. The standard InChI is InChI=1S/C21H25NO3S/c1-25-17-10-8-16(9-11-17)18-6-3-2-4-14-22(18)21(24)13-12-19(23)20-7-5-15-26-20/h5,7-11,15,18H,2-4,6,12-14H2,1H3/t18-/m0/s1. The molecule has 1 aromatic carbocycles. The van der Waals surface area contributed by atoms with Crippen LogP contribution in [0.3, 0.4) is 0 Å². The third-order valence-corrected chi connectivity index (χ3v) is 5.85. The van der Waals surface area contributed by atoms with Gasteiger partial charge in [0.25, 0.3) is 0 Å². The van der Waals surface area contributed by atoms with Crippen LogP contribution < -0.4 is 4.74 Å². The maximum Gasteiger partial charge on any atom is 0.223 e. The highest BCUT2D eigenvalue weighted by atomic mass is 32.1. The second kappa shape index (κ2) is 8.99. The Kier molecular flexibility index (Phi) is 6.45. The molecule has 0 unspecified atom stereocenters. The second-order valence-electron chi connectivity index (χ2n) is 6.63. The van der Waals surface area contributed by atoms with Crippen molar-refractivity contribution in [3.05, 3.63) is 52.2 Å². The van der Waals surface area contributed by atoms with Gasteiger partial charge in [-0.3, -0.25) is 9.59 Å². The third kappa shape index (κ3) is 4.52. The van der Waals surface area contributed by atoms with Crippen LogP contribution in [0.25, 0.3) is 0 Å². The third-order valence-electron chi connectivity index (χ3n) is 4.94. The van der Waals surface area contributed by atoms with E-state index in [1.54, 1.807) is 7.11 Å². The highest BCUT2D eigenvalue weighted by molar-refractivity contribution is 7.12. The summed E-state index contributed by atoms with van der Waals surface area (Å²) >= 11 is 1.44. The van der Waals surface area contributed by atoms with Crippen molar-refractivity contribution in [1.29, 1.82) is 0 Å². The molecule has 26 heavy (non-hydrogen) atoms. The number of rotatable bonds is 6. The van der Waals surface area contributed by atoms with Gasteiger partial charge in [0, 0.05) is 19.4 Å². The molecule has 2 aromatic rings. The van der Waals surface area contributed by atoms with Crippen LogP contribution in [0.4, 0.5) is 0 Å². The fourth-order valence-electron chi connectivity index (χ4n) is 3.50. The predicted molar refractivity (Wildman–Crippen MR) is 104 cm³/mol. The number of ketones is 1. The maximum absolute atomic E-state index is 12.9. The quantitative estimate of drug-likeness (QED) is 0.681. The first-order chi connectivity index (χ1) is 12.7. The van der Waals surface area contributed by atoms with Crippen LogP contribution in [0.1, 0.15) is 59.8 Å². The Hall–Kier alpha value is -2.14. The average Bonchev–Trinajstić information content (AvgIpc) is 3.11. The largest absolute Gasteiger partial charge is 0.497 e. The first-order valence-electron chi connectivity index (χ1n) is 9.19. The van der Waals surface area contributed by atoms with Gasteiger partial charge in [-0.1, -0.05) is 31.0 Å². The van der Waals surface area contributed by atoms with Gasteiger partial charge in [-0.2, -0.15) is 0 Å². The summed E-state index contributed by atoms with van der Waals surface area (Å²) in [5.41, 5.74) is 1.14. The molecule has 1 aromatic heterocycles. The molecule has 0 saturated carbocycles. The van der Waals surface area contributed by atoms with Crippen molar-refractivity contribution in [1.82, 2.24) is 4.90 Å². The van der Waals surface area contributed by atoms with E-state index in [1.165, 1.54) is 11.3 Å². The highest BCUT2D eigenvalue weighted by Gasteiger charge is 2.27. The summed E-state index contributed by atoms with van der Waals surface area (Å²) in [5, 5.41) is 1.89. The Morgan fingerprint density at radius 3 is 2.62 bits per heavy atom. The molecule has 1 aliphatic rings. The summed E-state index contributed by atoms with van der Waals surface area (Å²) in [6.45, 7) is 0.767. The van der Waals surface area contributed by atoms with E-state index in [0.717, 1.165) is 48.4 Å². The van der Waals surface area contributed by atoms with Crippen molar-refractivity contribution in [3.63, 3.8) is 0 Å². The fourth-order valence-corrected chi connectivity index (χ4v) is 4.20. The van der Waals surface area contributed by atoms with Crippen molar-refractivity contribution in [2.75, 3.05) is 13.7 Å². The van der Waals surface area contributed by atoms with Gasteiger partial charge < -0.3 is 9.64 Å². The topological polar surface area (TPSA) is 46.6 Å². The van der Waals surface area contributed by atoms with Crippen molar-refractivity contribution in [3.8, 4) is 5.75 Å². The Balaban J connectivity index is 1.69. The predicted octanol–water partition coefficient (Wildman–Crippen LogP) is 4.86. The zero-order valence-corrected chi connectivity index (χ0v) is 16.0. The van der Waals surface area contributed by atoms with Crippen LogP contribution in [0.2, 0.25) is 0 Å². The first kappa shape index (κ1) is 18.6. The molecule has 1 saturated heterocycles. The van der Waals surface area contributed by atoms with Crippen molar-refractivity contribution in [2.45, 2.75) is 44.6 Å². The molecule has 0 aliphatic carbocycles. The number of likely N-dealkylation sites (tertiary alicyclic amines) is 1. The normalized spacial score (nSPS) is 17.6. The van der Waals surface area contributed by atoms with Crippen LogP contribution in [0.15, 0.2) is 41.8 Å². The van der Waals surface area contributed by atoms with E-state index in [2.05, 4.69) is 0 Å². The number of carbonyl (C=O) groups is 2. The van der Waals surface area contributed by atoms with E-state index in [4.69, 9.17) is 4.74 Å². The lowest BCUT2D eigenvalue weighted by Gasteiger charge is -2.30. The molecule has 0 spiro atoms. The minimum atomic E-state index is 0.0594. The maximum atomic E-state index is 12.9. The van der Waals surface area contributed by atoms with Gasteiger partial charge in [-0.25, -0.2) is 0 Å². The summed E-state index contributed by atoms with van der Waals surface area (Å²) in [6, 6.07) is 11.8. The molecule has 2 heterocycles. The lowest BCUT2D eigenvalue weighted by molar-refractivity contribution is -0.133. The van der Waals surface area contributed by atoms with Gasteiger partial charge >= 0.3 is 0 Å². The van der Waals surface area contributed by atoms with E-state index < -0.39 is 0 Å². The zero-order chi connectivity index (χ0) is 18.4. The Morgan fingerprint density at radius 1 is 1.12 bits per heavy atom. The number of hydrogen-bond donors (Lipinski definition) is 0. The lowest BCUT2D eigenvalue weighted by atomic mass is 10.00. The Labute approximate surface area is 158 Å².